The molecule has 2 aromatic rings. The van der Waals surface area contributed by atoms with Crippen molar-refractivity contribution in [3.05, 3.63) is 47.5 Å². The molecule has 2 rings (SSSR count). The standard InChI is InChI=1S/C17H15NO5/c1-20-13-7-12(8-14(9-13)21-2)17(19)23-15-5-4-11(10-18)6-16(15)22-3/h4-9H,1-3H3. The first-order chi connectivity index (χ1) is 11.1. The van der Waals surface area contributed by atoms with Crippen LogP contribution in [0.3, 0.4) is 0 Å². The van der Waals surface area contributed by atoms with Crippen molar-refractivity contribution in [3.63, 3.8) is 0 Å². The molecule has 0 aliphatic heterocycles. The van der Waals surface area contributed by atoms with Gasteiger partial charge < -0.3 is 18.9 Å². The smallest absolute Gasteiger partial charge is 0.343 e. The van der Waals surface area contributed by atoms with Gasteiger partial charge in [-0.2, -0.15) is 5.26 Å². The van der Waals surface area contributed by atoms with Crippen LogP contribution in [-0.4, -0.2) is 27.3 Å². The Labute approximate surface area is 133 Å². The highest BCUT2D eigenvalue weighted by Gasteiger charge is 2.15. The van der Waals surface area contributed by atoms with Gasteiger partial charge in [-0.25, -0.2) is 4.79 Å². The van der Waals surface area contributed by atoms with Gasteiger partial charge in [0.05, 0.1) is 38.5 Å². The number of rotatable bonds is 5. The fourth-order valence-corrected chi connectivity index (χ4v) is 1.91. The zero-order valence-electron chi connectivity index (χ0n) is 13.0. The first-order valence-electron chi connectivity index (χ1n) is 6.64. The van der Waals surface area contributed by atoms with Crippen molar-refractivity contribution in [3.8, 4) is 29.1 Å². The maximum atomic E-state index is 12.3. The summed E-state index contributed by atoms with van der Waals surface area (Å²) in [7, 11) is 4.42. The molecule has 0 heterocycles. The van der Waals surface area contributed by atoms with E-state index >= 15 is 0 Å². The quantitative estimate of drug-likeness (QED) is 0.624. The Bertz CT molecular complexity index is 742. The van der Waals surface area contributed by atoms with Crippen LogP contribution in [0.25, 0.3) is 0 Å². The summed E-state index contributed by atoms with van der Waals surface area (Å²) in [6, 6.07) is 11.3. The molecule has 0 fully saturated rings. The van der Waals surface area contributed by atoms with Gasteiger partial charge in [0, 0.05) is 12.1 Å². The molecule has 6 heteroatoms. The molecular weight excluding hydrogens is 298 g/mol. The molecule has 6 nitrogen and oxygen atoms in total. The normalized spacial score (nSPS) is 9.65. The maximum Gasteiger partial charge on any atom is 0.343 e. The third-order valence-corrected chi connectivity index (χ3v) is 3.08. The summed E-state index contributed by atoms with van der Waals surface area (Å²) >= 11 is 0. The molecule has 2 aromatic carbocycles. The second-order valence-corrected chi connectivity index (χ2v) is 4.47. The van der Waals surface area contributed by atoms with Gasteiger partial charge in [-0.3, -0.25) is 0 Å². The first kappa shape index (κ1) is 16.2. The number of nitriles is 1. The van der Waals surface area contributed by atoms with Crippen LogP contribution in [0.1, 0.15) is 15.9 Å². The van der Waals surface area contributed by atoms with Gasteiger partial charge >= 0.3 is 5.97 Å². The maximum absolute atomic E-state index is 12.3. The van der Waals surface area contributed by atoms with E-state index in [4.69, 9.17) is 24.2 Å². The highest BCUT2D eigenvalue weighted by molar-refractivity contribution is 5.92. The highest BCUT2D eigenvalue weighted by atomic mass is 16.6. The Hall–Kier alpha value is -3.20. The minimum absolute atomic E-state index is 0.221. The first-order valence-corrected chi connectivity index (χ1v) is 6.64. The predicted molar refractivity (Wildman–Crippen MR) is 82.2 cm³/mol. The summed E-state index contributed by atoms with van der Waals surface area (Å²) < 4.78 is 20.7. The molecule has 0 amide bonds. The van der Waals surface area contributed by atoms with Crippen LogP contribution in [0.2, 0.25) is 0 Å². The van der Waals surface area contributed by atoms with Crippen LogP contribution in [0.4, 0.5) is 0 Å². The molecule has 0 bridgehead atoms. The largest absolute Gasteiger partial charge is 0.497 e. The minimum atomic E-state index is -0.592. The zero-order chi connectivity index (χ0) is 16.8. The summed E-state index contributed by atoms with van der Waals surface area (Å²) in [5.41, 5.74) is 0.678. The molecular formula is C17H15NO5. The van der Waals surface area contributed by atoms with Gasteiger partial charge in [-0.05, 0) is 24.3 Å². The molecule has 0 saturated heterocycles. The van der Waals surface area contributed by atoms with Gasteiger partial charge in [0.2, 0.25) is 0 Å². The molecule has 118 valence electrons. The lowest BCUT2D eigenvalue weighted by molar-refractivity contribution is 0.0729. The van der Waals surface area contributed by atoms with Crippen LogP contribution in [-0.2, 0) is 0 Å². The average Bonchev–Trinajstić information content (AvgIpc) is 2.61. The molecule has 0 unspecified atom stereocenters. The summed E-state index contributed by atoms with van der Waals surface area (Å²) in [6.07, 6.45) is 0. The Morgan fingerprint density at radius 1 is 0.913 bits per heavy atom. The van der Waals surface area contributed by atoms with Gasteiger partial charge in [0.25, 0.3) is 0 Å². The van der Waals surface area contributed by atoms with Crippen LogP contribution in [0.15, 0.2) is 36.4 Å². The molecule has 0 aromatic heterocycles. The molecule has 0 N–H and O–H groups in total. The summed E-state index contributed by atoms with van der Waals surface area (Å²) in [6.45, 7) is 0. The van der Waals surface area contributed by atoms with Crippen molar-refractivity contribution in [2.75, 3.05) is 21.3 Å². The fourth-order valence-electron chi connectivity index (χ4n) is 1.91. The molecule has 0 spiro atoms. The molecule has 0 saturated carbocycles. The van der Waals surface area contributed by atoms with Gasteiger partial charge in [-0.1, -0.05) is 0 Å². The van der Waals surface area contributed by atoms with E-state index in [1.807, 2.05) is 6.07 Å². The van der Waals surface area contributed by atoms with E-state index in [0.717, 1.165) is 0 Å². The van der Waals surface area contributed by atoms with E-state index in [2.05, 4.69) is 0 Å². The minimum Gasteiger partial charge on any atom is -0.497 e. The number of nitrogens with zero attached hydrogens (tertiary/aromatic N) is 1. The lowest BCUT2D eigenvalue weighted by Gasteiger charge is -2.11. The van der Waals surface area contributed by atoms with Crippen molar-refractivity contribution >= 4 is 5.97 Å². The topological polar surface area (TPSA) is 77.8 Å². The monoisotopic (exact) mass is 313 g/mol. The zero-order valence-corrected chi connectivity index (χ0v) is 13.0. The van der Waals surface area contributed by atoms with E-state index in [0.29, 0.717) is 22.8 Å². The summed E-state index contributed by atoms with van der Waals surface area (Å²) in [5, 5.41) is 8.88. The Balaban J connectivity index is 2.31. The molecule has 0 radical (unpaired) electrons. The number of ether oxygens (including phenoxy) is 4. The average molecular weight is 313 g/mol. The van der Waals surface area contributed by atoms with Crippen LogP contribution < -0.4 is 18.9 Å². The van der Waals surface area contributed by atoms with E-state index in [9.17, 15) is 4.79 Å². The van der Waals surface area contributed by atoms with E-state index < -0.39 is 5.97 Å². The van der Waals surface area contributed by atoms with E-state index in [1.54, 1.807) is 18.2 Å². The molecule has 0 aliphatic rings. The van der Waals surface area contributed by atoms with E-state index in [-0.39, 0.29) is 11.3 Å². The number of esters is 1. The Kier molecular flexibility index (Phi) is 5.05. The Morgan fingerprint density at radius 2 is 1.57 bits per heavy atom. The van der Waals surface area contributed by atoms with Crippen molar-refractivity contribution in [1.82, 2.24) is 0 Å². The number of hydrogen-bond donors (Lipinski definition) is 0. The SMILES string of the molecule is COc1cc(OC)cc(C(=O)Oc2ccc(C#N)cc2OC)c1. The molecule has 23 heavy (non-hydrogen) atoms. The highest BCUT2D eigenvalue weighted by Crippen LogP contribution is 2.29. The van der Waals surface area contributed by atoms with E-state index in [1.165, 1.54) is 39.5 Å². The van der Waals surface area contributed by atoms with Crippen molar-refractivity contribution < 1.29 is 23.7 Å². The second kappa shape index (κ2) is 7.18. The number of carbonyl (C=O) groups is 1. The van der Waals surface area contributed by atoms with Gasteiger partial charge in [0.1, 0.15) is 11.5 Å². The number of carbonyl (C=O) groups excluding carboxylic acids is 1. The number of benzene rings is 2. The third kappa shape index (κ3) is 3.71. The summed E-state index contributed by atoms with van der Waals surface area (Å²) in [4.78, 5) is 12.3. The number of methoxy groups -OCH3 is 3. The van der Waals surface area contributed by atoms with Crippen molar-refractivity contribution in [2.45, 2.75) is 0 Å². The molecule has 0 aliphatic carbocycles. The van der Waals surface area contributed by atoms with Crippen molar-refractivity contribution in [1.29, 1.82) is 5.26 Å². The van der Waals surface area contributed by atoms with Gasteiger partial charge in [-0.15, -0.1) is 0 Å². The van der Waals surface area contributed by atoms with Gasteiger partial charge in [0.15, 0.2) is 11.5 Å². The predicted octanol–water partition coefficient (Wildman–Crippen LogP) is 2.80. The van der Waals surface area contributed by atoms with Crippen LogP contribution in [0.5, 0.6) is 23.0 Å². The van der Waals surface area contributed by atoms with Crippen molar-refractivity contribution in [2.24, 2.45) is 0 Å². The second-order valence-electron chi connectivity index (χ2n) is 4.47. The lowest BCUT2D eigenvalue weighted by atomic mass is 10.2. The summed E-state index contributed by atoms with van der Waals surface area (Å²) in [5.74, 6) is 0.877. The number of hydrogen-bond acceptors (Lipinski definition) is 6. The lowest BCUT2D eigenvalue weighted by Crippen LogP contribution is -2.10. The fraction of sp³-hybridized carbons (Fsp3) is 0.176. The van der Waals surface area contributed by atoms with Crippen LogP contribution >= 0.6 is 0 Å². The third-order valence-electron chi connectivity index (χ3n) is 3.08. The molecule has 0 atom stereocenters. The van der Waals surface area contributed by atoms with Crippen LogP contribution in [0, 0.1) is 11.3 Å². The Morgan fingerprint density at radius 3 is 2.09 bits per heavy atom.